The number of anilines is 2. The number of hydrogen-bond acceptors (Lipinski definition) is 8. The lowest BCUT2D eigenvalue weighted by Gasteiger charge is -2.18. The Balaban J connectivity index is 0.000000601. The van der Waals surface area contributed by atoms with Crippen molar-refractivity contribution in [2.75, 3.05) is 39.7 Å². The third-order valence-corrected chi connectivity index (χ3v) is 5.57. The van der Waals surface area contributed by atoms with E-state index in [1.165, 1.54) is 6.20 Å². The normalized spacial score (nSPS) is 11.1. The first kappa shape index (κ1) is 38.2. The Bertz CT molecular complexity index is 1440. The number of hydrogen-bond donors (Lipinski definition) is 4. The van der Waals surface area contributed by atoms with Crippen LogP contribution in [0.2, 0.25) is 0 Å². The van der Waals surface area contributed by atoms with E-state index in [9.17, 15) is 31.1 Å². The van der Waals surface area contributed by atoms with Gasteiger partial charge in [-0.3, -0.25) is 9.78 Å². The van der Waals surface area contributed by atoms with Crippen LogP contribution in [0.5, 0.6) is 11.5 Å². The van der Waals surface area contributed by atoms with E-state index in [1.54, 1.807) is 7.11 Å². The molecule has 2 aromatic carbocycles. The molecule has 0 unspecified atom stereocenters. The van der Waals surface area contributed by atoms with Gasteiger partial charge in [0.05, 0.1) is 30.5 Å². The summed E-state index contributed by atoms with van der Waals surface area (Å²) < 4.78 is 75.0. The maximum absolute atomic E-state index is 12.1. The summed E-state index contributed by atoms with van der Waals surface area (Å²) in [7, 11) is 5.66. The molecular weight excluding hydrogens is 618 g/mol. The minimum Gasteiger partial charge on any atom is -0.493 e. The van der Waals surface area contributed by atoms with Crippen LogP contribution in [-0.2, 0) is 16.0 Å². The molecule has 0 bridgehead atoms. The van der Waals surface area contributed by atoms with E-state index in [0.717, 1.165) is 36.0 Å². The van der Waals surface area contributed by atoms with Crippen molar-refractivity contribution in [3.8, 4) is 11.5 Å². The number of carboxylic acids is 2. The molecular formula is C28H32F6N4O7. The first-order chi connectivity index (χ1) is 20.8. The molecule has 0 fully saturated rings. The number of carboxylic acid groups (broad SMARTS) is 2. The van der Waals surface area contributed by atoms with Gasteiger partial charge in [0, 0.05) is 29.9 Å². The summed E-state index contributed by atoms with van der Waals surface area (Å²) in [5.74, 6) is -4.87. The molecule has 0 aliphatic carbocycles. The predicted octanol–water partition coefficient (Wildman–Crippen LogP) is 5.25. The van der Waals surface area contributed by atoms with E-state index in [0.29, 0.717) is 34.9 Å². The second kappa shape index (κ2) is 16.9. The minimum absolute atomic E-state index is 0.320. The van der Waals surface area contributed by atoms with E-state index in [1.807, 2.05) is 44.4 Å². The molecule has 0 spiro atoms. The van der Waals surface area contributed by atoms with Crippen molar-refractivity contribution < 1.29 is 60.4 Å². The first-order valence-electron chi connectivity index (χ1n) is 12.9. The van der Waals surface area contributed by atoms with Gasteiger partial charge in [-0.25, -0.2) is 9.59 Å². The lowest BCUT2D eigenvalue weighted by atomic mass is 10.1. The number of amides is 1. The summed E-state index contributed by atoms with van der Waals surface area (Å²) in [5.41, 5.74) is 9.32. The molecule has 0 atom stereocenters. The van der Waals surface area contributed by atoms with Gasteiger partial charge in [0.1, 0.15) is 0 Å². The van der Waals surface area contributed by atoms with E-state index in [-0.39, 0.29) is 0 Å². The summed E-state index contributed by atoms with van der Waals surface area (Å²) in [6.45, 7) is 3.58. The monoisotopic (exact) mass is 650 g/mol. The number of benzene rings is 2. The van der Waals surface area contributed by atoms with Crippen molar-refractivity contribution in [1.82, 2.24) is 9.88 Å². The number of ether oxygens (including phenoxy) is 2. The first-order valence-corrected chi connectivity index (χ1v) is 12.9. The Kier molecular flexibility index (Phi) is 14.3. The third kappa shape index (κ3) is 12.4. The van der Waals surface area contributed by atoms with Crippen LogP contribution in [0.25, 0.3) is 10.9 Å². The fraction of sp³-hybridized carbons (Fsp3) is 0.357. The fourth-order valence-electron chi connectivity index (χ4n) is 3.44. The molecule has 0 saturated heterocycles. The van der Waals surface area contributed by atoms with Gasteiger partial charge < -0.3 is 35.6 Å². The summed E-state index contributed by atoms with van der Waals surface area (Å²) in [6, 6.07) is 11.7. The summed E-state index contributed by atoms with van der Waals surface area (Å²) in [4.78, 5) is 36.5. The van der Waals surface area contributed by atoms with E-state index in [4.69, 9.17) is 35.0 Å². The Morgan fingerprint density at radius 3 is 2.00 bits per heavy atom. The largest absolute Gasteiger partial charge is 0.493 e. The number of para-hydroxylation sites is 1. The molecule has 0 radical (unpaired) electrons. The smallest absolute Gasteiger partial charge is 0.490 e. The van der Waals surface area contributed by atoms with E-state index >= 15 is 0 Å². The maximum atomic E-state index is 12.1. The lowest BCUT2D eigenvalue weighted by molar-refractivity contribution is -0.193. The quantitative estimate of drug-likeness (QED) is 0.168. The van der Waals surface area contributed by atoms with Gasteiger partial charge in [0.25, 0.3) is 5.91 Å². The Morgan fingerprint density at radius 2 is 1.53 bits per heavy atom. The molecule has 0 saturated carbocycles. The number of primary amides is 1. The minimum atomic E-state index is -5.08. The second-order valence-electron chi connectivity index (χ2n) is 9.18. The molecule has 45 heavy (non-hydrogen) atoms. The van der Waals surface area contributed by atoms with Crippen molar-refractivity contribution in [3.63, 3.8) is 0 Å². The summed E-state index contributed by atoms with van der Waals surface area (Å²) in [6.07, 6.45) is -6.92. The zero-order valence-electron chi connectivity index (χ0n) is 24.5. The summed E-state index contributed by atoms with van der Waals surface area (Å²) in [5, 5.41) is 18.4. The van der Waals surface area contributed by atoms with Gasteiger partial charge in [-0.1, -0.05) is 25.1 Å². The third-order valence-electron chi connectivity index (χ3n) is 5.57. The average Bonchev–Trinajstić information content (AvgIpc) is 2.94. The van der Waals surface area contributed by atoms with Crippen LogP contribution in [-0.4, -0.2) is 84.7 Å². The molecule has 3 aromatic rings. The van der Waals surface area contributed by atoms with Gasteiger partial charge in [0.2, 0.25) is 0 Å². The number of rotatable bonds is 10. The zero-order valence-corrected chi connectivity index (χ0v) is 24.5. The van der Waals surface area contributed by atoms with Crippen LogP contribution in [0.3, 0.4) is 0 Å². The van der Waals surface area contributed by atoms with Crippen LogP contribution in [0, 0.1) is 0 Å². The number of halogens is 6. The molecule has 11 nitrogen and oxygen atoms in total. The van der Waals surface area contributed by atoms with Gasteiger partial charge in [-0.15, -0.1) is 0 Å². The highest BCUT2D eigenvalue weighted by molar-refractivity contribution is 6.08. The van der Waals surface area contributed by atoms with Crippen LogP contribution >= 0.6 is 0 Å². The second-order valence-corrected chi connectivity index (χ2v) is 9.18. The molecule has 0 aliphatic rings. The van der Waals surface area contributed by atoms with Crippen LogP contribution < -0.4 is 20.5 Å². The molecule has 248 valence electrons. The fourth-order valence-corrected chi connectivity index (χ4v) is 3.44. The SMILES string of the molecule is CCc1ccccc1Nc1c(C(N)=O)cnc2cc(OCCCN(C)C)c(OC)cc12.O=C(O)C(F)(F)F.O=C(O)C(F)(F)F. The van der Waals surface area contributed by atoms with E-state index < -0.39 is 30.2 Å². The Labute approximate surface area is 253 Å². The Hall–Kier alpha value is -4.80. The van der Waals surface area contributed by atoms with Gasteiger partial charge in [-0.05, 0) is 44.6 Å². The molecule has 1 heterocycles. The highest BCUT2D eigenvalue weighted by Crippen LogP contribution is 2.37. The molecule has 1 amide bonds. The number of nitrogens with one attached hydrogen (secondary N) is 1. The molecule has 0 aliphatic heterocycles. The van der Waals surface area contributed by atoms with Crippen molar-refractivity contribution >= 4 is 40.1 Å². The standard InChI is InChI=1S/C24H30N4O3.2C2HF3O2/c1-5-16-9-6-7-10-19(16)27-23-17-13-21(30-4)22(31-12-8-11-28(2)3)14-20(17)26-15-18(23)24(25)29;2*3-2(4,5)1(6)7/h6-7,9-10,13-15H,5,8,11-12H2,1-4H3,(H2,25,29)(H,26,27);2*(H,6,7). The zero-order chi connectivity index (χ0) is 34.5. The number of alkyl halides is 6. The highest BCUT2D eigenvalue weighted by atomic mass is 19.4. The number of aliphatic carboxylic acids is 2. The number of nitrogens with zero attached hydrogens (tertiary/aromatic N) is 2. The number of carbonyl (C=O) groups excluding carboxylic acids is 1. The Morgan fingerprint density at radius 1 is 0.978 bits per heavy atom. The van der Waals surface area contributed by atoms with Crippen LogP contribution in [0.15, 0.2) is 42.6 Å². The van der Waals surface area contributed by atoms with Crippen molar-refractivity contribution in [2.45, 2.75) is 32.1 Å². The summed E-state index contributed by atoms with van der Waals surface area (Å²) >= 11 is 0. The van der Waals surface area contributed by atoms with Crippen LogP contribution in [0.4, 0.5) is 37.7 Å². The number of aryl methyl sites for hydroxylation is 1. The predicted molar refractivity (Wildman–Crippen MR) is 152 cm³/mol. The maximum Gasteiger partial charge on any atom is 0.490 e. The lowest BCUT2D eigenvalue weighted by Crippen LogP contribution is -2.21. The number of carbonyl (C=O) groups is 3. The van der Waals surface area contributed by atoms with E-state index in [2.05, 4.69) is 28.2 Å². The molecule has 5 N–H and O–H groups in total. The molecule has 3 rings (SSSR count). The molecule has 17 heteroatoms. The number of aromatic nitrogens is 1. The average molecular weight is 651 g/mol. The van der Waals surface area contributed by atoms with Crippen molar-refractivity contribution in [3.05, 3.63) is 53.7 Å². The topological polar surface area (TPSA) is 164 Å². The van der Waals surface area contributed by atoms with Crippen LogP contribution in [0.1, 0.15) is 29.3 Å². The highest BCUT2D eigenvalue weighted by Gasteiger charge is 2.38. The van der Waals surface area contributed by atoms with Gasteiger partial charge >= 0.3 is 24.3 Å². The van der Waals surface area contributed by atoms with Crippen molar-refractivity contribution in [1.29, 1.82) is 0 Å². The number of methoxy groups -OCH3 is 1. The van der Waals surface area contributed by atoms with Gasteiger partial charge in [-0.2, -0.15) is 26.3 Å². The van der Waals surface area contributed by atoms with Gasteiger partial charge in [0.15, 0.2) is 11.5 Å². The number of pyridine rings is 1. The number of fused-ring (bicyclic) bond motifs is 1. The van der Waals surface area contributed by atoms with Crippen molar-refractivity contribution in [2.24, 2.45) is 5.73 Å². The molecule has 1 aromatic heterocycles. The number of nitrogens with two attached hydrogens (primary N) is 1.